The molecule has 2 atom stereocenters. The summed E-state index contributed by atoms with van der Waals surface area (Å²) in [6, 6.07) is 10.3. The zero-order chi connectivity index (χ0) is 12.1. The Morgan fingerprint density at radius 1 is 1.41 bits per heavy atom. The van der Waals surface area contributed by atoms with Crippen LogP contribution in [0.25, 0.3) is 0 Å². The van der Waals surface area contributed by atoms with E-state index in [0.29, 0.717) is 6.61 Å². The fraction of sp³-hybridized carbons (Fsp3) is 0.538. The van der Waals surface area contributed by atoms with Crippen LogP contribution in [0.5, 0.6) is 0 Å². The second kappa shape index (κ2) is 6.12. The average Bonchev–Trinajstić information content (AvgIpc) is 2.39. The summed E-state index contributed by atoms with van der Waals surface area (Å²) in [7, 11) is 0. The third-order valence-electron chi connectivity index (χ3n) is 3.10. The van der Waals surface area contributed by atoms with Crippen molar-refractivity contribution in [1.29, 1.82) is 0 Å². The Hall–Kier alpha value is -0.940. The number of nitrogens with zero attached hydrogens (tertiary/aromatic N) is 1. The number of morpholine rings is 1. The fourth-order valence-electron chi connectivity index (χ4n) is 2.10. The molecule has 0 radical (unpaired) electrons. The monoisotopic (exact) mass is 236 g/mol. The second-order valence-corrected chi connectivity index (χ2v) is 4.43. The minimum absolute atomic E-state index is 0.155. The van der Waals surface area contributed by atoms with E-state index in [1.807, 2.05) is 18.2 Å². The Labute approximate surface area is 102 Å². The summed E-state index contributed by atoms with van der Waals surface area (Å²) < 4.78 is 5.53. The van der Waals surface area contributed by atoms with E-state index in [0.717, 1.165) is 19.6 Å². The molecule has 1 saturated heterocycles. The lowest BCUT2D eigenvalue weighted by atomic mass is 10.1. The van der Waals surface area contributed by atoms with Crippen molar-refractivity contribution in [2.75, 3.05) is 26.2 Å². The Morgan fingerprint density at radius 3 is 2.88 bits per heavy atom. The van der Waals surface area contributed by atoms with E-state index in [2.05, 4.69) is 17.0 Å². The summed E-state index contributed by atoms with van der Waals surface area (Å²) in [6.45, 7) is 3.46. The fourth-order valence-corrected chi connectivity index (χ4v) is 2.10. The predicted octanol–water partition coefficient (Wildman–Crippen LogP) is 0.207. The van der Waals surface area contributed by atoms with E-state index < -0.39 is 6.10 Å². The normalized spacial score (nSPS) is 23.5. The Kier molecular flexibility index (Phi) is 4.50. The van der Waals surface area contributed by atoms with Crippen LogP contribution in [0.15, 0.2) is 30.3 Å². The smallest absolute Gasteiger partial charge is 0.0973 e. The van der Waals surface area contributed by atoms with E-state index in [4.69, 9.17) is 10.5 Å². The number of hydrogen-bond acceptors (Lipinski definition) is 4. The van der Waals surface area contributed by atoms with Crippen molar-refractivity contribution < 1.29 is 9.84 Å². The van der Waals surface area contributed by atoms with Crippen LogP contribution in [0.2, 0.25) is 0 Å². The summed E-state index contributed by atoms with van der Waals surface area (Å²) in [5, 5.41) is 9.69. The number of rotatable bonds is 4. The molecule has 1 aromatic rings. The van der Waals surface area contributed by atoms with Crippen molar-refractivity contribution in [3.63, 3.8) is 0 Å². The Balaban J connectivity index is 1.89. The molecule has 94 valence electrons. The van der Waals surface area contributed by atoms with Crippen molar-refractivity contribution >= 4 is 0 Å². The molecule has 17 heavy (non-hydrogen) atoms. The van der Waals surface area contributed by atoms with Gasteiger partial charge in [0.1, 0.15) is 0 Å². The van der Waals surface area contributed by atoms with Gasteiger partial charge in [0.25, 0.3) is 0 Å². The van der Waals surface area contributed by atoms with Crippen LogP contribution in [0, 0.1) is 0 Å². The Morgan fingerprint density at radius 2 is 2.18 bits per heavy atom. The largest absolute Gasteiger partial charge is 0.389 e. The van der Waals surface area contributed by atoms with Crippen LogP contribution in [-0.2, 0) is 11.3 Å². The molecular weight excluding hydrogens is 216 g/mol. The van der Waals surface area contributed by atoms with Crippen LogP contribution >= 0.6 is 0 Å². The van der Waals surface area contributed by atoms with Gasteiger partial charge in [-0.2, -0.15) is 0 Å². The third kappa shape index (κ3) is 3.51. The molecule has 1 fully saturated rings. The van der Waals surface area contributed by atoms with Crippen molar-refractivity contribution in [2.24, 2.45) is 5.73 Å². The van der Waals surface area contributed by atoms with Crippen LogP contribution in [-0.4, -0.2) is 48.5 Å². The molecule has 0 aliphatic carbocycles. The highest BCUT2D eigenvalue weighted by atomic mass is 16.5. The van der Waals surface area contributed by atoms with Gasteiger partial charge in [0.2, 0.25) is 0 Å². The molecular formula is C13H20N2O2. The molecule has 3 N–H and O–H groups in total. The second-order valence-electron chi connectivity index (χ2n) is 4.43. The molecule has 1 aliphatic heterocycles. The lowest BCUT2D eigenvalue weighted by Crippen LogP contribution is -2.49. The van der Waals surface area contributed by atoms with Crippen molar-refractivity contribution in [2.45, 2.75) is 18.8 Å². The SMILES string of the molecule is NC[C@@H](O)C1CN(Cc2ccccc2)CCO1. The first-order chi connectivity index (χ1) is 8.29. The van der Waals surface area contributed by atoms with Crippen molar-refractivity contribution in [3.05, 3.63) is 35.9 Å². The third-order valence-corrected chi connectivity index (χ3v) is 3.10. The molecule has 1 aromatic carbocycles. The average molecular weight is 236 g/mol. The van der Waals surface area contributed by atoms with Gasteiger partial charge in [0, 0.05) is 26.2 Å². The molecule has 0 bridgehead atoms. The maximum Gasteiger partial charge on any atom is 0.0973 e. The van der Waals surface area contributed by atoms with E-state index in [1.54, 1.807) is 0 Å². The highest BCUT2D eigenvalue weighted by Gasteiger charge is 2.25. The number of hydrogen-bond donors (Lipinski definition) is 2. The molecule has 1 aliphatic rings. The first kappa shape index (κ1) is 12.5. The van der Waals surface area contributed by atoms with Gasteiger partial charge in [-0.1, -0.05) is 30.3 Å². The maximum absolute atomic E-state index is 9.69. The topological polar surface area (TPSA) is 58.7 Å². The number of aliphatic hydroxyl groups is 1. The maximum atomic E-state index is 9.69. The number of nitrogens with two attached hydrogens (primary N) is 1. The molecule has 2 rings (SSSR count). The summed E-state index contributed by atoms with van der Waals surface area (Å²) in [6.07, 6.45) is -0.717. The first-order valence-electron chi connectivity index (χ1n) is 6.05. The number of ether oxygens (including phenoxy) is 1. The molecule has 4 nitrogen and oxygen atoms in total. The summed E-state index contributed by atoms with van der Waals surface area (Å²) in [4.78, 5) is 2.29. The van der Waals surface area contributed by atoms with Crippen LogP contribution in [0.1, 0.15) is 5.56 Å². The van der Waals surface area contributed by atoms with Gasteiger partial charge in [0.05, 0.1) is 18.8 Å². The highest BCUT2D eigenvalue weighted by molar-refractivity contribution is 5.14. The zero-order valence-electron chi connectivity index (χ0n) is 9.96. The van der Waals surface area contributed by atoms with Gasteiger partial charge < -0.3 is 15.6 Å². The van der Waals surface area contributed by atoms with Gasteiger partial charge in [-0.05, 0) is 5.56 Å². The van der Waals surface area contributed by atoms with Crippen molar-refractivity contribution in [3.8, 4) is 0 Å². The van der Waals surface area contributed by atoms with Gasteiger partial charge in [-0.3, -0.25) is 4.90 Å². The summed E-state index contributed by atoms with van der Waals surface area (Å²) in [5.41, 5.74) is 6.74. The van der Waals surface area contributed by atoms with E-state index in [-0.39, 0.29) is 12.6 Å². The summed E-state index contributed by atoms with van der Waals surface area (Å²) in [5.74, 6) is 0. The van der Waals surface area contributed by atoms with Gasteiger partial charge in [0.15, 0.2) is 0 Å². The van der Waals surface area contributed by atoms with Gasteiger partial charge in [-0.15, -0.1) is 0 Å². The van der Waals surface area contributed by atoms with E-state index in [1.165, 1.54) is 5.56 Å². The minimum Gasteiger partial charge on any atom is -0.389 e. The molecule has 0 spiro atoms. The molecule has 0 amide bonds. The minimum atomic E-state index is -0.562. The van der Waals surface area contributed by atoms with Gasteiger partial charge >= 0.3 is 0 Å². The summed E-state index contributed by atoms with van der Waals surface area (Å²) >= 11 is 0. The van der Waals surface area contributed by atoms with E-state index >= 15 is 0 Å². The van der Waals surface area contributed by atoms with Gasteiger partial charge in [-0.25, -0.2) is 0 Å². The molecule has 1 unspecified atom stereocenters. The highest BCUT2D eigenvalue weighted by Crippen LogP contribution is 2.12. The molecule has 0 saturated carbocycles. The van der Waals surface area contributed by atoms with Crippen molar-refractivity contribution in [1.82, 2.24) is 4.90 Å². The van der Waals surface area contributed by atoms with Crippen LogP contribution < -0.4 is 5.73 Å². The predicted molar refractivity (Wildman–Crippen MR) is 66.5 cm³/mol. The number of benzene rings is 1. The Bertz CT molecular complexity index is 331. The number of aliphatic hydroxyl groups excluding tert-OH is 1. The molecule has 4 heteroatoms. The lowest BCUT2D eigenvalue weighted by molar-refractivity contribution is -0.0871. The zero-order valence-corrected chi connectivity index (χ0v) is 9.96. The molecule has 1 heterocycles. The van der Waals surface area contributed by atoms with E-state index in [9.17, 15) is 5.11 Å². The standard InChI is InChI=1S/C13H20N2O2/c14-8-12(16)13-10-15(6-7-17-13)9-11-4-2-1-3-5-11/h1-5,12-13,16H,6-10,14H2/t12-,13?/m1/s1. The first-order valence-corrected chi connectivity index (χ1v) is 6.05. The quantitative estimate of drug-likeness (QED) is 0.784. The van der Waals surface area contributed by atoms with Crippen LogP contribution in [0.4, 0.5) is 0 Å². The lowest BCUT2D eigenvalue weighted by Gasteiger charge is -2.34. The molecule has 0 aromatic heterocycles. The van der Waals surface area contributed by atoms with Crippen LogP contribution in [0.3, 0.4) is 0 Å².